The molecule has 0 spiro atoms. The predicted molar refractivity (Wildman–Crippen MR) is 97.7 cm³/mol. The number of aromatic hydroxyl groups is 1. The quantitative estimate of drug-likeness (QED) is 0.751. The molecule has 5 heteroatoms. The number of hydrogen-bond donors (Lipinski definition) is 2. The van der Waals surface area contributed by atoms with Gasteiger partial charge < -0.3 is 19.5 Å². The van der Waals surface area contributed by atoms with E-state index in [0.29, 0.717) is 12.9 Å². The van der Waals surface area contributed by atoms with Crippen LogP contribution in [-0.2, 0) is 9.39 Å². The lowest BCUT2D eigenvalue weighted by Crippen LogP contribution is -2.32. The van der Waals surface area contributed by atoms with Crippen LogP contribution in [0.25, 0.3) is 6.08 Å². The monoisotopic (exact) mass is 328 g/mol. The highest BCUT2D eigenvalue weighted by Gasteiger charge is 2.27. The first-order valence-corrected chi connectivity index (χ1v) is 8.17. The number of allylic oxidation sites excluding steroid dienone is 2. The van der Waals surface area contributed by atoms with Crippen LogP contribution in [0.15, 0.2) is 53.6 Å². The molecule has 0 fully saturated rings. The Balaban J connectivity index is 2.03. The predicted octanol–water partition coefficient (Wildman–Crippen LogP) is 3.58. The molecule has 1 aromatic rings. The van der Waals surface area contributed by atoms with E-state index in [-0.39, 0.29) is 11.9 Å². The van der Waals surface area contributed by atoms with E-state index in [9.17, 15) is 10.1 Å². The molecule has 4 nitrogen and oxygen atoms in total. The highest BCUT2D eigenvalue weighted by molar-refractivity contribution is 6.43. The largest absolute Gasteiger partial charge is 0.507 e. The molecule has 0 bridgehead atoms. The molecule has 0 aliphatic carbocycles. The number of rotatable bonds is 7. The maximum absolute atomic E-state index is 9.85. The van der Waals surface area contributed by atoms with Crippen molar-refractivity contribution in [3.8, 4) is 5.75 Å². The van der Waals surface area contributed by atoms with Gasteiger partial charge in [-0.05, 0) is 37.0 Å². The summed E-state index contributed by atoms with van der Waals surface area (Å²) in [5.74, 6) is 0.273. The summed E-state index contributed by atoms with van der Waals surface area (Å²) in [7, 11) is 0.870. The van der Waals surface area contributed by atoms with Gasteiger partial charge in [-0.2, -0.15) is 0 Å². The Bertz CT molecular complexity index is 636. The van der Waals surface area contributed by atoms with Crippen LogP contribution >= 0.6 is 0 Å². The molecule has 1 aliphatic heterocycles. The molecule has 1 heterocycles. The van der Waals surface area contributed by atoms with E-state index in [1.807, 2.05) is 31.2 Å². The summed E-state index contributed by atoms with van der Waals surface area (Å²) in [6.07, 6.45) is 5.78. The fraction of sp³-hybridized carbons (Fsp3) is 0.368. The van der Waals surface area contributed by atoms with E-state index in [0.717, 1.165) is 35.1 Å². The number of phenols is 1. The number of phenolic OH excluding ortho intramolecular Hbond substituents is 1. The van der Waals surface area contributed by atoms with Gasteiger partial charge in [0.25, 0.3) is 0 Å². The number of methoxy groups -OCH3 is 1. The van der Waals surface area contributed by atoms with E-state index in [1.54, 1.807) is 19.2 Å². The second kappa shape index (κ2) is 8.88. The fourth-order valence-electron chi connectivity index (χ4n) is 2.84. The van der Waals surface area contributed by atoms with Gasteiger partial charge in [-0.25, -0.2) is 0 Å². The summed E-state index contributed by atoms with van der Waals surface area (Å²) < 4.78 is 10.8. The van der Waals surface area contributed by atoms with Gasteiger partial charge >= 0.3 is 7.12 Å². The zero-order valence-corrected chi connectivity index (χ0v) is 14.4. The van der Waals surface area contributed by atoms with E-state index >= 15 is 0 Å². The Kier molecular flexibility index (Phi) is 6.85. The van der Waals surface area contributed by atoms with Crippen molar-refractivity contribution in [1.29, 1.82) is 0 Å². The summed E-state index contributed by atoms with van der Waals surface area (Å²) in [5.41, 5.74) is 3.84. The van der Waals surface area contributed by atoms with E-state index in [2.05, 4.69) is 6.58 Å². The van der Waals surface area contributed by atoms with Gasteiger partial charge in [-0.1, -0.05) is 42.5 Å². The molecule has 1 aliphatic rings. The number of para-hydroxylation sites is 1. The Hall–Kier alpha value is -1.82. The minimum absolute atomic E-state index is 0.191. The minimum atomic E-state index is -0.767. The van der Waals surface area contributed by atoms with Gasteiger partial charge in [-0.15, -0.1) is 0 Å². The Morgan fingerprint density at radius 2 is 2.21 bits per heavy atom. The maximum atomic E-state index is 9.85. The summed E-state index contributed by atoms with van der Waals surface area (Å²) in [5, 5.41) is 19.6. The van der Waals surface area contributed by atoms with Crippen LogP contribution < -0.4 is 0 Å². The van der Waals surface area contributed by atoms with Crippen molar-refractivity contribution in [1.82, 2.24) is 0 Å². The topological polar surface area (TPSA) is 58.9 Å². The Labute approximate surface area is 144 Å². The molecule has 0 amide bonds. The van der Waals surface area contributed by atoms with Gasteiger partial charge in [0.15, 0.2) is 0 Å². The molecule has 0 saturated heterocycles. The van der Waals surface area contributed by atoms with Gasteiger partial charge in [0.2, 0.25) is 0 Å². The van der Waals surface area contributed by atoms with Crippen molar-refractivity contribution < 1.29 is 19.5 Å². The van der Waals surface area contributed by atoms with Crippen molar-refractivity contribution in [3.05, 3.63) is 59.2 Å². The van der Waals surface area contributed by atoms with Crippen molar-refractivity contribution in [2.75, 3.05) is 13.7 Å². The first-order chi connectivity index (χ1) is 11.5. The molecule has 2 rings (SSSR count). The van der Waals surface area contributed by atoms with Crippen molar-refractivity contribution in [3.63, 3.8) is 0 Å². The van der Waals surface area contributed by atoms with E-state index in [4.69, 9.17) is 9.39 Å². The summed E-state index contributed by atoms with van der Waals surface area (Å²) in [4.78, 5) is 0. The molecule has 0 radical (unpaired) electrons. The average molecular weight is 328 g/mol. The molecule has 1 atom stereocenters. The average Bonchev–Trinajstić information content (AvgIpc) is 2.55. The minimum Gasteiger partial charge on any atom is -0.507 e. The van der Waals surface area contributed by atoms with Gasteiger partial charge in [-0.3, -0.25) is 0 Å². The van der Waals surface area contributed by atoms with Crippen LogP contribution in [-0.4, -0.2) is 37.1 Å². The first-order valence-electron chi connectivity index (χ1n) is 8.17. The molecule has 1 aromatic carbocycles. The van der Waals surface area contributed by atoms with Crippen LogP contribution in [0.2, 0.25) is 6.32 Å². The second-order valence-electron chi connectivity index (χ2n) is 6.10. The zero-order valence-electron chi connectivity index (χ0n) is 14.4. The fourth-order valence-corrected chi connectivity index (χ4v) is 2.84. The lowest BCUT2D eigenvalue weighted by atomic mass is 9.78. The SMILES string of the molecule is C=C(COC)C1=CCB(O)OC1CC/C(C)=C/c1ccccc1O. The third kappa shape index (κ3) is 5.10. The van der Waals surface area contributed by atoms with Crippen LogP contribution in [0.5, 0.6) is 5.75 Å². The molecule has 0 saturated carbocycles. The number of hydrogen-bond acceptors (Lipinski definition) is 4. The van der Waals surface area contributed by atoms with Crippen LogP contribution in [0, 0.1) is 0 Å². The van der Waals surface area contributed by atoms with Gasteiger partial charge in [0, 0.05) is 19.0 Å². The lowest BCUT2D eigenvalue weighted by molar-refractivity contribution is 0.176. The molecular formula is C19H25BO4. The van der Waals surface area contributed by atoms with Gasteiger partial charge in [0.1, 0.15) is 5.75 Å². The molecule has 128 valence electrons. The third-order valence-electron chi connectivity index (χ3n) is 4.07. The highest BCUT2D eigenvalue weighted by atomic mass is 16.5. The Morgan fingerprint density at radius 3 is 2.92 bits per heavy atom. The second-order valence-corrected chi connectivity index (χ2v) is 6.10. The highest BCUT2D eigenvalue weighted by Crippen LogP contribution is 2.28. The smallest absolute Gasteiger partial charge is 0.458 e. The molecular weight excluding hydrogens is 303 g/mol. The lowest BCUT2D eigenvalue weighted by Gasteiger charge is -2.28. The Morgan fingerprint density at radius 1 is 1.46 bits per heavy atom. The standard InChI is InChI=1S/C19H25BO4/c1-14(12-16-6-4-5-7-18(16)21)8-9-19-17(15(2)13-23-3)10-11-20(22)24-19/h4-7,10,12,19,21-22H,2,8-9,11,13H2,1,3H3/b14-12+. The van der Waals surface area contributed by atoms with Crippen LogP contribution in [0.1, 0.15) is 25.3 Å². The normalized spacial score (nSPS) is 18.5. The third-order valence-corrected chi connectivity index (χ3v) is 4.07. The summed E-state index contributed by atoms with van der Waals surface area (Å²) in [6.45, 7) is 6.53. The van der Waals surface area contributed by atoms with Crippen molar-refractivity contribution in [2.24, 2.45) is 0 Å². The van der Waals surface area contributed by atoms with Crippen LogP contribution in [0.4, 0.5) is 0 Å². The summed E-state index contributed by atoms with van der Waals surface area (Å²) in [6, 6.07) is 7.26. The summed E-state index contributed by atoms with van der Waals surface area (Å²) >= 11 is 0. The number of ether oxygens (including phenoxy) is 1. The molecule has 24 heavy (non-hydrogen) atoms. The van der Waals surface area contributed by atoms with E-state index in [1.165, 1.54) is 0 Å². The first kappa shape index (κ1) is 18.5. The molecule has 2 N–H and O–H groups in total. The van der Waals surface area contributed by atoms with Gasteiger partial charge in [0.05, 0.1) is 12.7 Å². The van der Waals surface area contributed by atoms with Crippen LogP contribution in [0.3, 0.4) is 0 Å². The van der Waals surface area contributed by atoms with E-state index < -0.39 is 7.12 Å². The number of benzene rings is 1. The maximum Gasteiger partial charge on any atom is 0.458 e. The van der Waals surface area contributed by atoms with Crippen molar-refractivity contribution >= 4 is 13.2 Å². The van der Waals surface area contributed by atoms with Crippen molar-refractivity contribution in [2.45, 2.75) is 32.2 Å². The molecule has 0 aromatic heterocycles. The molecule has 1 unspecified atom stereocenters. The zero-order chi connectivity index (χ0) is 17.5.